The lowest BCUT2D eigenvalue weighted by Crippen LogP contribution is -2.72. The van der Waals surface area contributed by atoms with Crippen molar-refractivity contribution in [1.29, 1.82) is 0 Å². The van der Waals surface area contributed by atoms with Crippen LogP contribution in [-0.4, -0.2) is 35.1 Å². The van der Waals surface area contributed by atoms with Crippen LogP contribution >= 0.6 is 0 Å². The van der Waals surface area contributed by atoms with E-state index in [1.54, 1.807) is 5.90 Å². The van der Waals surface area contributed by atoms with Crippen molar-refractivity contribution in [3.05, 3.63) is 0 Å². The largest absolute Gasteiger partial charge is 0.554 e. The maximum absolute atomic E-state index is 12.9. The van der Waals surface area contributed by atoms with Gasteiger partial charge in [0.2, 0.25) is 0 Å². The Morgan fingerprint density at radius 3 is 1.17 bits per heavy atom. The van der Waals surface area contributed by atoms with Gasteiger partial charge in [0.1, 0.15) is 0 Å². The zero-order valence-corrected chi connectivity index (χ0v) is 11.1. The lowest BCUT2D eigenvalue weighted by molar-refractivity contribution is -0.639. The predicted molar refractivity (Wildman–Crippen MR) is 43.5 cm³/mol. The van der Waals surface area contributed by atoms with Crippen molar-refractivity contribution in [2.75, 3.05) is 0 Å². The van der Waals surface area contributed by atoms with Crippen LogP contribution in [0.15, 0.2) is 0 Å². The summed E-state index contributed by atoms with van der Waals surface area (Å²) in [5, 5.41) is -7.35. The van der Waals surface area contributed by atoms with E-state index in [-0.39, 0.29) is 0 Å². The van der Waals surface area contributed by atoms with E-state index in [0.717, 1.165) is 0 Å². The van der Waals surface area contributed by atoms with Gasteiger partial charge in [-0.25, -0.2) is 0 Å². The van der Waals surface area contributed by atoms with Gasteiger partial charge in [0.25, 0.3) is 0 Å². The lowest BCUT2D eigenvalue weighted by Gasteiger charge is -2.37. The first-order chi connectivity index (χ1) is 10.1. The summed E-state index contributed by atoms with van der Waals surface area (Å²) in [5.41, 5.74) is 0. The summed E-state index contributed by atoms with van der Waals surface area (Å²) in [7, 11) is -7.21. The SMILES string of the molecule is [NH3+]O[S+]([O])(=O)C(F)(F)C(F)(F)C(F)(F)C(F)(F)C(F)(F)C(F)(F)F. The van der Waals surface area contributed by atoms with Gasteiger partial charge in [-0.1, -0.05) is 0 Å². The Bertz CT molecular complexity index is 528. The summed E-state index contributed by atoms with van der Waals surface area (Å²) in [6, 6.07) is 0. The van der Waals surface area contributed by atoms with Gasteiger partial charge in [-0.3, -0.25) is 0 Å². The van der Waals surface area contributed by atoms with Crippen LogP contribution in [0.5, 0.6) is 0 Å². The number of alkyl halides is 13. The molecule has 145 valence electrons. The molecule has 1 unspecified atom stereocenters. The molecular weight excluding hydrogens is 413 g/mol. The summed E-state index contributed by atoms with van der Waals surface area (Å²) in [6.07, 6.45) is -7.58. The van der Waals surface area contributed by atoms with Gasteiger partial charge in [0, 0.05) is 0 Å². The molecule has 0 aromatic carbocycles. The third-order valence-electron chi connectivity index (χ3n) is 2.37. The fourth-order valence-electron chi connectivity index (χ4n) is 0.986. The molecule has 0 amide bonds. The van der Waals surface area contributed by atoms with E-state index < -0.39 is 45.6 Å². The number of hydrogen-bond donors (Lipinski definition) is 1. The van der Waals surface area contributed by atoms with Gasteiger partial charge in [-0.05, 0) is 4.21 Å². The number of quaternary nitrogens is 1. The normalized spacial score (nSPS) is 18.5. The maximum atomic E-state index is 12.9. The Morgan fingerprint density at radius 1 is 0.625 bits per heavy atom. The molecule has 0 aliphatic rings. The monoisotopic (exact) mass is 416 g/mol. The highest BCUT2D eigenvalue weighted by Gasteiger charge is 2.96. The lowest BCUT2D eigenvalue weighted by atomic mass is 9.98. The fraction of sp³-hybridized carbons (Fsp3) is 1.00. The molecule has 0 bridgehead atoms. The molecule has 0 spiro atoms. The van der Waals surface area contributed by atoms with Gasteiger partial charge >= 0.3 is 45.6 Å². The van der Waals surface area contributed by atoms with E-state index in [9.17, 15) is 65.8 Å². The molecule has 0 saturated carbocycles. The first-order valence-electron chi connectivity index (χ1n) is 4.70. The zero-order valence-electron chi connectivity index (χ0n) is 10.3. The van der Waals surface area contributed by atoms with Crippen molar-refractivity contribution < 1.29 is 76.0 Å². The van der Waals surface area contributed by atoms with E-state index >= 15 is 0 Å². The minimum atomic E-state index is -8.20. The molecule has 0 aromatic heterocycles. The smallest absolute Gasteiger partial charge is 0.192 e. The van der Waals surface area contributed by atoms with Crippen molar-refractivity contribution in [3.63, 3.8) is 0 Å². The van der Waals surface area contributed by atoms with Crippen molar-refractivity contribution in [1.82, 2.24) is 0 Å². The van der Waals surface area contributed by atoms with E-state index in [1.165, 1.54) is 0 Å². The van der Waals surface area contributed by atoms with Gasteiger partial charge in [-0.15, -0.1) is 8.78 Å². The molecule has 0 fully saturated rings. The molecule has 1 atom stereocenters. The summed E-state index contributed by atoms with van der Waals surface area (Å²) in [6.45, 7) is 0. The van der Waals surface area contributed by atoms with E-state index in [2.05, 4.69) is 4.28 Å². The molecule has 0 heterocycles. The van der Waals surface area contributed by atoms with E-state index in [1.807, 2.05) is 0 Å². The third-order valence-corrected chi connectivity index (χ3v) is 3.57. The highest BCUT2D eigenvalue weighted by Crippen LogP contribution is 2.61. The van der Waals surface area contributed by atoms with Crippen molar-refractivity contribution in [3.8, 4) is 0 Å². The molecule has 0 saturated heterocycles. The molecule has 3 N–H and O–H groups in total. The van der Waals surface area contributed by atoms with Crippen LogP contribution in [0.2, 0.25) is 0 Å². The Balaban J connectivity index is 6.47. The molecule has 18 heteroatoms. The van der Waals surface area contributed by atoms with Crippen molar-refractivity contribution in [2.24, 2.45) is 0 Å². The minimum Gasteiger partial charge on any atom is -0.192 e. The van der Waals surface area contributed by atoms with E-state index in [0.29, 0.717) is 0 Å². The van der Waals surface area contributed by atoms with Gasteiger partial charge in [0.15, 0.2) is 0 Å². The number of rotatable bonds is 6. The first-order valence-corrected chi connectivity index (χ1v) is 6.11. The second-order valence-electron chi connectivity index (χ2n) is 3.88. The van der Waals surface area contributed by atoms with Crippen LogP contribution in [0, 0.1) is 0 Å². The summed E-state index contributed by atoms with van der Waals surface area (Å²) in [4.78, 5) is 0. The molecule has 0 aliphatic carbocycles. The van der Waals surface area contributed by atoms with Crippen molar-refractivity contribution >= 4 is 10.5 Å². The van der Waals surface area contributed by atoms with Crippen LogP contribution in [0.4, 0.5) is 57.1 Å². The van der Waals surface area contributed by atoms with Gasteiger partial charge in [0.05, 0.1) is 8.84 Å². The molecule has 0 aliphatic heterocycles. The second-order valence-corrected chi connectivity index (χ2v) is 5.54. The molecule has 0 aromatic rings. The minimum absolute atomic E-state index is 1.61. The fourth-order valence-corrected chi connectivity index (χ4v) is 1.58. The average Bonchev–Trinajstić information content (AvgIpc) is 2.36. The summed E-state index contributed by atoms with van der Waals surface area (Å²) in [5.74, 6) is -30.7. The average molecular weight is 416 g/mol. The third kappa shape index (κ3) is 2.71. The Kier molecular flexibility index (Phi) is 5.36. The highest BCUT2D eigenvalue weighted by atomic mass is 32.3. The standard InChI is InChI=1S/C6H3F13NO3S/c7-1(8,3(11,12)5(15,16)17)2(9,10)4(13,14)6(18,19)24(21,22)23-20/h20H3/q+2. The van der Waals surface area contributed by atoms with Crippen LogP contribution in [0.3, 0.4) is 0 Å². The van der Waals surface area contributed by atoms with Gasteiger partial charge in [-0.2, -0.15) is 54.2 Å². The van der Waals surface area contributed by atoms with Gasteiger partial charge < -0.3 is 0 Å². The quantitative estimate of drug-likeness (QED) is 0.411. The Labute approximate surface area is 123 Å². The van der Waals surface area contributed by atoms with Crippen molar-refractivity contribution in [2.45, 2.75) is 35.1 Å². The van der Waals surface area contributed by atoms with Crippen LogP contribution < -0.4 is 5.90 Å². The topological polar surface area (TPSA) is 73.8 Å². The summed E-state index contributed by atoms with van der Waals surface area (Å²) >= 11 is 0. The summed E-state index contributed by atoms with van der Waals surface area (Å²) < 4.78 is 186. The Hall–Kier alpha value is -0.880. The number of halogens is 13. The first kappa shape index (κ1) is 23.1. The van der Waals surface area contributed by atoms with Crippen LogP contribution in [-0.2, 0) is 23.5 Å². The zero-order chi connectivity index (χ0) is 20.2. The molecule has 1 radical (unpaired) electrons. The molecule has 0 rings (SSSR count). The molecule has 4 nitrogen and oxygen atoms in total. The van der Waals surface area contributed by atoms with Crippen LogP contribution in [0.25, 0.3) is 0 Å². The molecular formula is C6H3F13NO3S+2. The Morgan fingerprint density at radius 2 is 0.917 bits per heavy atom. The maximum Gasteiger partial charge on any atom is 0.554 e. The molecule has 24 heavy (non-hydrogen) atoms. The highest BCUT2D eigenvalue weighted by molar-refractivity contribution is 7.93. The predicted octanol–water partition coefficient (Wildman–Crippen LogP) is 2.62. The number of hydrogen-bond acceptors (Lipinski definition) is 2. The van der Waals surface area contributed by atoms with Crippen LogP contribution in [0.1, 0.15) is 0 Å². The second kappa shape index (κ2) is 5.56. The van der Waals surface area contributed by atoms with E-state index in [4.69, 9.17) is 0 Å².